The number of ether oxygens (including phenoxy) is 1. The van der Waals surface area contributed by atoms with Crippen molar-refractivity contribution in [2.45, 2.75) is 13.5 Å². The molecule has 1 heterocycles. The summed E-state index contributed by atoms with van der Waals surface area (Å²) in [7, 11) is 0. The van der Waals surface area contributed by atoms with Crippen LogP contribution in [0.2, 0.25) is 5.15 Å². The minimum atomic E-state index is -0.562. The molecule has 144 valence electrons. The second-order valence-corrected chi connectivity index (χ2v) is 7.23. The Hall–Kier alpha value is -2.64. The fourth-order valence-electron chi connectivity index (χ4n) is 2.50. The molecule has 0 saturated carbocycles. The first-order chi connectivity index (χ1) is 13.5. The number of para-hydroxylation sites is 1. The van der Waals surface area contributed by atoms with Crippen molar-refractivity contribution in [2.75, 3.05) is 6.54 Å². The molecule has 2 aromatic carbocycles. The molecule has 0 saturated heterocycles. The number of aromatic nitrogens is 2. The lowest BCUT2D eigenvalue weighted by Crippen LogP contribution is -2.30. The molecule has 3 rings (SSSR count). The van der Waals surface area contributed by atoms with Crippen LogP contribution in [-0.4, -0.2) is 28.2 Å². The number of aryl methyl sites for hydroxylation is 1. The number of hydrogen-bond donors (Lipinski definition) is 1. The molecule has 1 amide bonds. The predicted octanol–water partition coefficient (Wildman–Crippen LogP) is 4.07. The van der Waals surface area contributed by atoms with Crippen LogP contribution in [0, 0.1) is 6.92 Å². The summed E-state index contributed by atoms with van der Waals surface area (Å²) in [6.45, 7) is 1.53. The highest BCUT2D eigenvalue weighted by Crippen LogP contribution is 2.24. The molecule has 0 aliphatic rings. The fourth-order valence-corrected chi connectivity index (χ4v) is 3.09. The minimum absolute atomic E-state index is 0.0233. The van der Waals surface area contributed by atoms with Crippen molar-refractivity contribution in [3.63, 3.8) is 0 Å². The largest absolute Gasteiger partial charge is 0.459 e. The van der Waals surface area contributed by atoms with E-state index in [1.807, 2.05) is 30.3 Å². The van der Waals surface area contributed by atoms with E-state index >= 15 is 0 Å². The van der Waals surface area contributed by atoms with Gasteiger partial charge in [0.25, 0.3) is 5.91 Å². The van der Waals surface area contributed by atoms with Crippen LogP contribution in [0.4, 0.5) is 0 Å². The molecule has 0 aliphatic heterocycles. The van der Waals surface area contributed by atoms with Gasteiger partial charge in [-0.15, -0.1) is 0 Å². The Kier molecular flexibility index (Phi) is 6.49. The summed E-state index contributed by atoms with van der Waals surface area (Å²) in [5, 5.41) is 7.32. The lowest BCUT2D eigenvalue weighted by molar-refractivity contribution is -0.143. The van der Waals surface area contributed by atoms with E-state index < -0.39 is 5.97 Å². The molecular weight excluding hydrogens is 446 g/mol. The van der Waals surface area contributed by atoms with E-state index in [0.29, 0.717) is 22.0 Å². The molecule has 0 fully saturated rings. The zero-order valence-electron chi connectivity index (χ0n) is 15.0. The Morgan fingerprint density at radius 3 is 2.50 bits per heavy atom. The number of nitrogens with zero attached hydrogens (tertiary/aromatic N) is 2. The summed E-state index contributed by atoms with van der Waals surface area (Å²) in [4.78, 5) is 24.0. The standard InChI is InChI=1S/C20H17BrClN3O3/c1-13-17(19(22)25(24-13)16-5-3-2-4-6-16)12-28-18(26)11-23-20(27)14-7-9-15(21)10-8-14/h2-10H,11-12H2,1H3,(H,23,27). The van der Waals surface area contributed by atoms with Crippen molar-refractivity contribution in [1.29, 1.82) is 0 Å². The van der Waals surface area contributed by atoms with Gasteiger partial charge in [-0.3, -0.25) is 9.59 Å². The Balaban J connectivity index is 1.57. The van der Waals surface area contributed by atoms with Crippen molar-refractivity contribution >= 4 is 39.4 Å². The molecule has 8 heteroatoms. The molecule has 0 aliphatic carbocycles. The van der Waals surface area contributed by atoms with Gasteiger partial charge in [0.15, 0.2) is 0 Å². The van der Waals surface area contributed by atoms with Gasteiger partial charge >= 0.3 is 5.97 Å². The van der Waals surface area contributed by atoms with Crippen LogP contribution in [0.15, 0.2) is 59.1 Å². The maximum absolute atomic E-state index is 12.0. The highest BCUT2D eigenvalue weighted by molar-refractivity contribution is 9.10. The lowest BCUT2D eigenvalue weighted by atomic mass is 10.2. The van der Waals surface area contributed by atoms with Gasteiger partial charge in [-0.05, 0) is 43.3 Å². The average Bonchev–Trinajstić information content (AvgIpc) is 2.99. The monoisotopic (exact) mass is 461 g/mol. The molecule has 1 aromatic heterocycles. The van der Waals surface area contributed by atoms with Gasteiger partial charge in [0.05, 0.1) is 11.4 Å². The topological polar surface area (TPSA) is 73.2 Å². The first kappa shape index (κ1) is 20.1. The van der Waals surface area contributed by atoms with Crippen molar-refractivity contribution in [3.8, 4) is 5.69 Å². The summed E-state index contributed by atoms with van der Waals surface area (Å²) in [6, 6.07) is 16.3. The normalized spacial score (nSPS) is 10.5. The number of nitrogens with one attached hydrogen (secondary N) is 1. The predicted molar refractivity (Wildman–Crippen MR) is 110 cm³/mol. The maximum Gasteiger partial charge on any atom is 0.325 e. The van der Waals surface area contributed by atoms with Crippen LogP contribution in [0.25, 0.3) is 5.69 Å². The minimum Gasteiger partial charge on any atom is -0.459 e. The number of carbonyl (C=O) groups is 2. The molecule has 0 bridgehead atoms. The SMILES string of the molecule is Cc1nn(-c2ccccc2)c(Cl)c1COC(=O)CNC(=O)c1ccc(Br)cc1. The third-order valence-corrected chi connectivity index (χ3v) is 4.92. The van der Waals surface area contributed by atoms with Crippen LogP contribution < -0.4 is 5.32 Å². The molecule has 3 aromatic rings. The summed E-state index contributed by atoms with van der Waals surface area (Å²) in [5.41, 5.74) is 2.56. The van der Waals surface area contributed by atoms with Gasteiger partial charge in [0.1, 0.15) is 18.3 Å². The first-order valence-corrected chi connectivity index (χ1v) is 9.61. The Labute approximate surface area is 175 Å². The van der Waals surface area contributed by atoms with Crippen molar-refractivity contribution < 1.29 is 14.3 Å². The third-order valence-electron chi connectivity index (χ3n) is 4.00. The first-order valence-electron chi connectivity index (χ1n) is 8.44. The quantitative estimate of drug-likeness (QED) is 0.561. The van der Waals surface area contributed by atoms with Crippen molar-refractivity contribution in [2.24, 2.45) is 0 Å². The van der Waals surface area contributed by atoms with E-state index in [0.717, 1.165) is 10.2 Å². The van der Waals surface area contributed by atoms with Crippen LogP contribution in [0.5, 0.6) is 0 Å². The van der Waals surface area contributed by atoms with E-state index in [-0.39, 0.29) is 19.1 Å². The number of amides is 1. The molecule has 28 heavy (non-hydrogen) atoms. The van der Waals surface area contributed by atoms with Crippen LogP contribution in [0.1, 0.15) is 21.6 Å². The number of benzene rings is 2. The second kappa shape index (κ2) is 9.03. The summed E-state index contributed by atoms with van der Waals surface area (Å²) in [5.74, 6) is -0.913. The molecule has 6 nitrogen and oxygen atoms in total. The summed E-state index contributed by atoms with van der Waals surface area (Å²) in [6.07, 6.45) is 0. The van der Waals surface area contributed by atoms with E-state index in [1.54, 1.807) is 35.9 Å². The van der Waals surface area contributed by atoms with Crippen LogP contribution in [0.3, 0.4) is 0 Å². The van der Waals surface area contributed by atoms with Gasteiger partial charge in [-0.2, -0.15) is 5.10 Å². The van der Waals surface area contributed by atoms with Crippen molar-refractivity contribution in [1.82, 2.24) is 15.1 Å². The van der Waals surface area contributed by atoms with Crippen LogP contribution in [-0.2, 0) is 16.1 Å². The lowest BCUT2D eigenvalue weighted by Gasteiger charge is -2.07. The number of carbonyl (C=O) groups excluding carboxylic acids is 2. The summed E-state index contributed by atoms with van der Waals surface area (Å²) < 4.78 is 7.71. The molecular formula is C20H17BrClN3O3. The summed E-state index contributed by atoms with van der Waals surface area (Å²) >= 11 is 9.71. The molecule has 1 N–H and O–H groups in total. The smallest absolute Gasteiger partial charge is 0.325 e. The number of hydrogen-bond acceptors (Lipinski definition) is 4. The number of halogens is 2. The highest BCUT2D eigenvalue weighted by atomic mass is 79.9. The molecule has 0 spiro atoms. The van der Waals surface area contributed by atoms with E-state index in [2.05, 4.69) is 26.3 Å². The van der Waals surface area contributed by atoms with Gasteiger partial charge in [-0.1, -0.05) is 45.7 Å². The third kappa shape index (κ3) is 4.79. The number of rotatable bonds is 6. The number of esters is 1. The maximum atomic E-state index is 12.0. The molecule has 0 atom stereocenters. The van der Waals surface area contributed by atoms with Gasteiger partial charge < -0.3 is 10.1 Å². The van der Waals surface area contributed by atoms with Crippen molar-refractivity contribution in [3.05, 3.63) is 81.0 Å². The highest BCUT2D eigenvalue weighted by Gasteiger charge is 2.17. The van der Waals surface area contributed by atoms with E-state index in [9.17, 15) is 9.59 Å². The molecule has 0 unspecified atom stereocenters. The Morgan fingerprint density at radius 2 is 1.82 bits per heavy atom. The van der Waals surface area contributed by atoms with E-state index in [4.69, 9.17) is 16.3 Å². The fraction of sp³-hybridized carbons (Fsp3) is 0.150. The van der Waals surface area contributed by atoms with Gasteiger partial charge in [0.2, 0.25) is 0 Å². The zero-order chi connectivity index (χ0) is 20.1. The molecule has 0 radical (unpaired) electrons. The van der Waals surface area contributed by atoms with E-state index in [1.165, 1.54) is 0 Å². The zero-order valence-corrected chi connectivity index (χ0v) is 17.3. The Bertz CT molecular complexity index is 988. The van der Waals surface area contributed by atoms with Gasteiger partial charge in [-0.25, -0.2) is 4.68 Å². The Morgan fingerprint density at radius 1 is 1.14 bits per heavy atom. The van der Waals surface area contributed by atoms with Crippen LogP contribution >= 0.6 is 27.5 Å². The second-order valence-electron chi connectivity index (χ2n) is 5.95. The average molecular weight is 463 g/mol. The van der Waals surface area contributed by atoms with Gasteiger partial charge in [0, 0.05) is 15.6 Å².